The van der Waals surface area contributed by atoms with Crippen molar-refractivity contribution in [3.8, 4) is 5.75 Å². The van der Waals surface area contributed by atoms with Crippen molar-refractivity contribution in [1.29, 1.82) is 0 Å². The molecule has 0 aliphatic carbocycles. The van der Waals surface area contributed by atoms with Crippen molar-refractivity contribution in [2.24, 2.45) is 5.41 Å². The number of hydrogen-bond donors (Lipinski definition) is 0. The van der Waals surface area contributed by atoms with Crippen LogP contribution in [0.1, 0.15) is 34.1 Å². The SMILES string of the molecule is CC1COc2ccccc2N1C(=O)CC(C)(C)C. The van der Waals surface area contributed by atoms with Gasteiger partial charge in [0, 0.05) is 6.42 Å². The maximum Gasteiger partial charge on any atom is 0.227 e. The third-order valence-electron chi connectivity index (χ3n) is 3.00. The van der Waals surface area contributed by atoms with Crippen molar-refractivity contribution < 1.29 is 9.53 Å². The van der Waals surface area contributed by atoms with Crippen LogP contribution in [0.2, 0.25) is 0 Å². The highest BCUT2D eigenvalue weighted by Gasteiger charge is 2.31. The molecule has 98 valence electrons. The molecule has 0 bridgehead atoms. The lowest BCUT2D eigenvalue weighted by Crippen LogP contribution is -2.46. The topological polar surface area (TPSA) is 29.5 Å². The summed E-state index contributed by atoms with van der Waals surface area (Å²) in [6.45, 7) is 8.84. The summed E-state index contributed by atoms with van der Waals surface area (Å²) in [4.78, 5) is 14.3. The molecule has 0 spiro atoms. The largest absolute Gasteiger partial charge is 0.489 e. The van der Waals surface area contributed by atoms with Crippen LogP contribution in [0.4, 0.5) is 5.69 Å². The fourth-order valence-electron chi connectivity index (χ4n) is 2.22. The summed E-state index contributed by atoms with van der Waals surface area (Å²) in [6, 6.07) is 7.83. The highest BCUT2D eigenvalue weighted by atomic mass is 16.5. The molecule has 0 saturated carbocycles. The normalized spacial score (nSPS) is 19.1. The van der Waals surface area contributed by atoms with Crippen LogP contribution < -0.4 is 9.64 Å². The predicted molar refractivity (Wildman–Crippen MR) is 73.0 cm³/mol. The summed E-state index contributed by atoms with van der Waals surface area (Å²) in [5.41, 5.74) is 0.898. The lowest BCUT2D eigenvalue weighted by Gasteiger charge is -2.36. The van der Waals surface area contributed by atoms with Gasteiger partial charge in [-0.3, -0.25) is 4.79 Å². The minimum Gasteiger partial charge on any atom is -0.489 e. The molecule has 0 N–H and O–H groups in total. The van der Waals surface area contributed by atoms with E-state index in [1.165, 1.54) is 0 Å². The van der Waals surface area contributed by atoms with Crippen LogP contribution in [-0.2, 0) is 4.79 Å². The molecule has 1 amide bonds. The van der Waals surface area contributed by atoms with E-state index in [4.69, 9.17) is 4.74 Å². The Bertz CT molecular complexity index is 448. The van der Waals surface area contributed by atoms with Crippen molar-refractivity contribution in [2.75, 3.05) is 11.5 Å². The molecule has 1 aliphatic rings. The third kappa shape index (κ3) is 2.66. The first kappa shape index (κ1) is 12.9. The molecule has 1 atom stereocenters. The molecule has 0 radical (unpaired) electrons. The highest BCUT2D eigenvalue weighted by Crippen LogP contribution is 2.35. The fraction of sp³-hybridized carbons (Fsp3) is 0.533. The number of benzene rings is 1. The summed E-state index contributed by atoms with van der Waals surface area (Å²) in [5, 5.41) is 0. The van der Waals surface area contributed by atoms with Crippen LogP contribution in [0.3, 0.4) is 0 Å². The average molecular weight is 247 g/mol. The summed E-state index contributed by atoms with van der Waals surface area (Å²) in [7, 11) is 0. The Morgan fingerprint density at radius 3 is 2.72 bits per heavy atom. The van der Waals surface area contributed by atoms with E-state index in [2.05, 4.69) is 20.8 Å². The van der Waals surface area contributed by atoms with Gasteiger partial charge in [0.2, 0.25) is 5.91 Å². The van der Waals surface area contributed by atoms with Gasteiger partial charge in [-0.1, -0.05) is 32.9 Å². The van der Waals surface area contributed by atoms with Gasteiger partial charge in [-0.25, -0.2) is 0 Å². The number of para-hydroxylation sites is 2. The maximum absolute atomic E-state index is 12.5. The van der Waals surface area contributed by atoms with E-state index in [-0.39, 0.29) is 17.4 Å². The molecule has 1 aliphatic heterocycles. The zero-order chi connectivity index (χ0) is 13.3. The Balaban J connectivity index is 2.29. The van der Waals surface area contributed by atoms with Crippen LogP contribution in [0.25, 0.3) is 0 Å². The van der Waals surface area contributed by atoms with E-state index < -0.39 is 0 Å². The molecule has 0 aromatic heterocycles. The molecule has 3 heteroatoms. The first-order chi connectivity index (χ1) is 8.38. The number of anilines is 1. The number of hydrogen-bond acceptors (Lipinski definition) is 2. The Hall–Kier alpha value is -1.51. The Kier molecular flexibility index (Phi) is 3.33. The first-order valence-electron chi connectivity index (χ1n) is 6.42. The van der Waals surface area contributed by atoms with Gasteiger partial charge in [-0.2, -0.15) is 0 Å². The van der Waals surface area contributed by atoms with Gasteiger partial charge in [0.1, 0.15) is 12.4 Å². The summed E-state index contributed by atoms with van der Waals surface area (Å²) >= 11 is 0. The van der Waals surface area contributed by atoms with Crippen LogP contribution in [-0.4, -0.2) is 18.6 Å². The number of carbonyl (C=O) groups is 1. The van der Waals surface area contributed by atoms with Gasteiger partial charge in [0.15, 0.2) is 0 Å². The lowest BCUT2D eigenvalue weighted by molar-refractivity contribution is -0.121. The van der Waals surface area contributed by atoms with E-state index in [9.17, 15) is 4.79 Å². The molecule has 0 saturated heterocycles. The molecule has 1 aromatic rings. The summed E-state index contributed by atoms with van der Waals surface area (Å²) in [6.07, 6.45) is 0.547. The van der Waals surface area contributed by atoms with Crippen molar-refractivity contribution in [3.05, 3.63) is 24.3 Å². The van der Waals surface area contributed by atoms with Crippen molar-refractivity contribution in [1.82, 2.24) is 0 Å². The van der Waals surface area contributed by atoms with Gasteiger partial charge >= 0.3 is 0 Å². The number of carbonyl (C=O) groups excluding carboxylic acids is 1. The quantitative estimate of drug-likeness (QED) is 0.762. The minimum absolute atomic E-state index is 0.00402. The summed E-state index contributed by atoms with van der Waals surface area (Å²) < 4.78 is 5.65. The zero-order valence-corrected chi connectivity index (χ0v) is 11.6. The van der Waals surface area contributed by atoms with Gasteiger partial charge in [-0.05, 0) is 24.5 Å². The smallest absolute Gasteiger partial charge is 0.227 e. The van der Waals surface area contributed by atoms with Crippen LogP contribution in [0.5, 0.6) is 5.75 Å². The second-order valence-electron chi connectivity index (χ2n) is 6.13. The van der Waals surface area contributed by atoms with Gasteiger partial charge in [-0.15, -0.1) is 0 Å². The second kappa shape index (κ2) is 4.63. The van der Waals surface area contributed by atoms with Crippen molar-refractivity contribution in [2.45, 2.75) is 40.2 Å². The fourth-order valence-corrected chi connectivity index (χ4v) is 2.22. The van der Waals surface area contributed by atoms with Crippen LogP contribution in [0.15, 0.2) is 24.3 Å². The maximum atomic E-state index is 12.5. The van der Waals surface area contributed by atoms with E-state index >= 15 is 0 Å². The van der Waals surface area contributed by atoms with Crippen LogP contribution in [0, 0.1) is 5.41 Å². The van der Waals surface area contributed by atoms with Crippen molar-refractivity contribution in [3.63, 3.8) is 0 Å². The lowest BCUT2D eigenvalue weighted by atomic mass is 9.91. The number of amides is 1. The molecule has 3 nitrogen and oxygen atoms in total. The average Bonchev–Trinajstić information content (AvgIpc) is 2.26. The Labute approximate surface area is 109 Å². The Morgan fingerprint density at radius 1 is 1.39 bits per heavy atom. The summed E-state index contributed by atoms with van der Waals surface area (Å²) in [5.74, 6) is 0.976. The first-order valence-corrected chi connectivity index (χ1v) is 6.42. The van der Waals surface area contributed by atoms with E-state index in [0.29, 0.717) is 13.0 Å². The van der Waals surface area contributed by atoms with E-state index in [1.807, 2.05) is 36.1 Å². The standard InChI is InChI=1S/C15H21NO2/c1-11-10-18-13-8-6-5-7-12(13)16(11)14(17)9-15(2,3)4/h5-8,11H,9-10H2,1-4H3. The third-order valence-corrected chi connectivity index (χ3v) is 3.00. The number of fused-ring (bicyclic) bond motifs is 1. The molecular weight excluding hydrogens is 226 g/mol. The predicted octanol–water partition coefficient (Wildman–Crippen LogP) is 3.24. The van der Waals surface area contributed by atoms with Gasteiger partial charge in [0.05, 0.1) is 11.7 Å². The number of nitrogens with zero attached hydrogens (tertiary/aromatic N) is 1. The molecule has 18 heavy (non-hydrogen) atoms. The van der Waals surface area contributed by atoms with Gasteiger partial charge in [0.25, 0.3) is 0 Å². The Morgan fingerprint density at radius 2 is 2.06 bits per heavy atom. The highest BCUT2D eigenvalue weighted by molar-refractivity contribution is 5.96. The molecule has 0 fully saturated rings. The molecule has 1 heterocycles. The molecule has 2 rings (SSSR count). The molecular formula is C15H21NO2. The second-order valence-corrected chi connectivity index (χ2v) is 6.13. The van der Waals surface area contributed by atoms with E-state index in [0.717, 1.165) is 11.4 Å². The van der Waals surface area contributed by atoms with Crippen LogP contribution >= 0.6 is 0 Å². The number of ether oxygens (including phenoxy) is 1. The minimum atomic E-state index is 0.00402. The monoisotopic (exact) mass is 247 g/mol. The van der Waals surface area contributed by atoms with Gasteiger partial charge < -0.3 is 9.64 Å². The van der Waals surface area contributed by atoms with E-state index in [1.54, 1.807) is 0 Å². The molecule has 1 unspecified atom stereocenters. The molecule has 1 aromatic carbocycles. The van der Waals surface area contributed by atoms with Crippen molar-refractivity contribution >= 4 is 11.6 Å². The zero-order valence-electron chi connectivity index (χ0n) is 11.6. The number of rotatable bonds is 1.